The minimum Gasteiger partial charge on any atom is -0.493 e. The lowest BCUT2D eigenvalue weighted by atomic mass is 10.2. The standard InChI is InChI=1S/C11H10O4/c1-14-11-7-9(3-2-6-12)4-5-10(11)15-8-13/h2-8H,1H3/b3-2+. The van der Waals surface area contributed by atoms with E-state index in [1.165, 1.54) is 13.2 Å². The maximum atomic E-state index is 10.2. The van der Waals surface area contributed by atoms with Gasteiger partial charge in [0.15, 0.2) is 11.5 Å². The molecule has 0 aliphatic carbocycles. The van der Waals surface area contributed by atoms with E-state index in [2.05, 4.69) is 4.74 Å². The van der Waals surface area contributed by atoms with E-state index in [4.69, 9.17) is 4.74 Å². The summed E-state index contributed by atoms with van der Waals surface area (Å²) in [5.41, 5.74) is 0.789. The number of allylic oxidation sites excluding steroid dienone is 1. The van der Waals surface area contributed by atoms with E-state index in [-0.39, 0.29) is 0 Å². The van der Waals surface area contributed by atoms with E-state index >= 15 is 0 Å². The Morgan fingerprint density at radius 1 is 1.20 bits per heavy atom. The third-order valence-corrected chi connectivity index (χ3v) is 1.73. The van der Waals surface area contributed by atoms with Crippen molar-refractivity contribution < 1.29 is 19.1 Å². The van der Waals surface area contributed by atoms with Gasteiger partial charge in [0, 0.05) is 0 Å². The molecule has 78 valence electrons. The maximum absolute atomic E-state index is 10.2. The highest BCUT2D eigenvalue weighted by atomic mass is 16.5. The number of benzene rings is 1. The van der Waals surface area contributed by atoms with Crippen molar-refractivity contribution >= 4 is 18.8 Å². The molecule has 0 N–H and O–H groups in total. The number of hydrogen-bond donors (Lipinski definition) is 0. The molecule has 0 aromatic heterocycles. The van der Waals surface area contributed by atoms with Gasteiger partial charge in [-0.15, -0.1) is 0 Å². The molecule has 0 heterocycles. The van der Waals surface area contributed by atoms with E-state index in [9.17, 15) is 9.59 Å². The zero-order chi connectivity index (χ0) is 11.1. The van der Waals surface area contributed by atoms with Gasteiger partial charge < -0.3 is 9.47 Å². The molecule has 4 nitrogen and oxygen atoms in total. The average molecular weight is 206 g/mol. The molecule has 0 saturated carbocycles. The van der Waals surface area contributed by atoms with Gasteiger partial charge in [0.2, 0.25) is 0 Å². The van der Waals surface area contributed by atoms with Crippen molar-refractivity contribution in [1.29, 1.82) is 0 Å². The Kier molecular flexibility index (Phi) is 4.09. The van der Waals surface area contributed by atoms with Crippen LogP contribution in [-0.2, 0) is 9.59 Å². The summed E-state index contributed by atoms with van der Waals surface area (Å²) in [5.74, 6) is 0.783. The van der Waals surface area contributed by atoms with Crippen LogP contribution in [0.2, 0.25) is 0 Å². The van der Waals surface area contributed by atoms with Crippen LogP contribution >= 0.6 is 0 Å². The molecule has 0 spiro atoms. The van der Waals surface area contributed by atoms with Crippen molar-refractivity contribution in [1.82, 2.24) is 0 Å². The molecular weight excluding hydrogens is 196 g/mol. The minimum atomic E-state index is 0.332. The Morgan fingerprint density at radius 2 is 2.00 bits per heavy atom. The van der Waals surface area contributed by atoms with Crippen LogP contribution in [0.4, 0.5) is 0 Å². The first kappa shape index (κ1) is 11.0. The lowest BCUT2D eigenvalue weighted by Gasteiger charge is -2.06. The fourth-order valence-corrected chi connectivity index (χ4v) is 1.09. The zero-order valence-electron chi connectivity index (χ0n) is 8.17. The predicted octanol–water partition coefficient (Wildman–Crippen LogP) is 1.44. The van der Waals surface area contributed by atoms with Crippen molar-refractivity contribution in [3.8, 4) is 11.5 Å². The molecule has 0 saturated heterocycles. The Morgan fingerprint density at radius 3 is 2.60 bits per heavy atom. The number of hydrogen-bond acceptors (Lipinski definition) is 4. The van der Waals surface area contributed by atoms with E-state index in [1.807, 2.05) is 0 Å². The fraction of sp³-hybridized carbons (Fsp3) is 0.0909. The highest BCUT2D eigenvalue weighted by Crippen LogP contribution is 2.27. The molecule has 0 radical (unpaired) electrons. The first-order valence-electron chi connectivity index (χ1n) is 4.22. The predicted molar refractivity (Wildman–Crippen MR) is 54.8 cm³/mol. The van der Waals surface area contributed by atoms with E-state index in [1.54, 1.807) is 24.3 Å². The molecular formula is C11H10O4. The van der Waals surface area contributed by atoms with E-state index in [0.29, 0.717) is 24.3 Å². The largest absolute Gasteiger partial charge is 0.493 e. The first-order valence-corrected chi connectivity index (χ1v) is 4.22. The highest BCUT2D eigenvalue weighted by molar-refractivity contribution is 5.74. The van der Waals surface area contributed by atoms with Gasteiger partial charge in [-0.1, -0.05) is 12.1 Å². The summed E-state index contributed by atoms with van der Waals surface area (Å²) in [7, 11) is 1.47. The smallest absolute Gasteiger partial charge is 0.298 e. The van der Waals surface area contributed by atoms with Crippen LogP contribution in [0, 0.1) is 0 Å². The topological polar surface area (TPSA) is 52.6 Å². The Balaban J connectivity index is 3.00. The summed E-state index contributed by atoms with van der Waals surface area (Å²) in [5, 5.41) is 0. The molecule has 1 aromatic rings. The maximum Gasteiger partial charge on any atom is 0.298 e. The van der Waals surface area contributed by atoms with E-state index in [0.717, 1.165) is 5.56 Å². The molecule has 0 atom stereocenters. The van der Waals surface area contributed by atoms with E-state index < -0.39 is 0 Å². The Hall–Kier alpha value is -2.10. The van der Waals surface area contributed by atoms with Gasteiger partial charge >= 0.3 is 0 Å². The quantitative estimate of drug-likeness (QED) is 0.540. The van der Waals surface area contributed by atoms with Gasteiger partial charge in [0.05, 0.1) is 7.11 Å². The molecule has 0 bridgehead atoms. The Labute approximate surface area is 87.1 Å². The van der Waals surface area contributed by atoms with Crippen LogP contribution in [0.1, 0.15) is 5.56 Å². The first-order chi connectivity index (χ1) is 7.31. The van der Waals surface area contributed by atoms with Crippen LogP contribution in [0.25, 0.3) is 6.08 Å². The number of ether oxygens (including phenoxy) is 2. The highest BCUT2D eigenvalue weighted by Gasteiger charge is 2.03. The zero-order valence-corrected chi connectivity index (χ0v) is 8.17. The van der Waals surface area contributed by atoms with Gasteiger partial charge in [0.1, 0.15) is 6.29 Å². The second-order valence-corrected chi connectivity index (χ2v) is 2.62. The summed E-state index contributed by atoms with van der Waals surface area (Å²) in [6.45, 7) is 0.332. The SMILES string of the molecule is COc1cc(/C=C/C=O)ccc1OC=O. The molecule has 15 heavy (non-hydrogen) atoms. The number of carbonyl (C=O) groups excluding carboxylic acids is 2. The summed E-state index contributed by atoms with van der Waals surface area (Å²) in [6, 6.07) is 4.97. The third kappa shape index (κ3) is 2.95. The normalized spacial score (nSPS) is 9.93. The fourth-order valence-electron chi connectivity index (χ4n) is 1.09. The van der Waals surface area contributed by atoms with Gasteiger partial charge in [-0.3, -0.25) is 9.59 Å². The number of methoxy groups -OCH3 is 1. The van der Waals surface area contributed by atoms with Crippen molar-refractivity contribution in [3.63, 3.8) is 0 Å². The summed E-state index contributed by atoms with van der Waals surface area (Å²) < 4.78 is 9.70. The Bertz CT molecular complexity index is 382. The molecule has 1 aromatic carbocycles. The monoisotopic (exact) mass is 206 g/mol. The van der Waals surface area contributed by atoms with Crippen LogP contribution in [0.15, 0.2) is 24.3 Å². The lowest BCUT2D eigenvalue weighted by Crippen LogP contribution is -1.93. The molecule has 0 unspecified atom stereocenters. The number of rotatable bonds is 5. The van der Waals surface area contributed by atoms with Crippen LogP contribution in [0.5, 0.6) is 11.5 Å². The van der Waals surface area contributed by atoms with Crippen molar-refractivity contribution in [3.05, 3.63) is 29.8 Å². The summed E-state index contributed by atoms with van der Waals surface area (Å²) in [4.78, 5) is 20.3. The molecule has 0 amide bonds. The van der Waals surface area contributed by atoms with Crippen LogP contribution in [0.3, 0.4) is 0 Å². The van der Waals surface area contributed by atoms with Crippen LogP contribution < -0.4 is 9.47 Å². The minimum absolute atomic E-state index is 0.332. The van der Waals surface area contributed by atoms with Gasteiger partial charge in [-0.2, -0.15) is 0 Å². The molecule has 4 heteroatoms. The van der Waals surface area contributed by atoms with Gasteiger partial charge in [-0.25, -0.2) is 0 Å². The molecule has 1 rings (SSSR count). The summed E-state index contributed by atoms with van der Waals surface area (Å²) in [6.07, 6.45) is 3.68. The van der Waals surface area contributed by atoms with Crippen molar-refractivity contribution in [2.45, 2.75) is 0 Å². The second-order valence-electron chi connectivity index (χ2n) is 2.62. The second kappa shape index (κ2) is 5.59. The number of carbonyl (C=O) groups is 2. The molecule has 0 aliphatic rings. The molecule has 0 aliphatic heterocycles. The lowest BCUT2D eigenvalue weighted by molar-refractivity contribution is -0.120. The van der Waals surface area contributed by atoms with Crippen molar-refractivity contribution in [2.24, 2.45) is 0 Å². The van der Waals surface area contributed by atoms with Gasteiger partial charge in [-0.05, 0) is 23.8 Å². The average Bonchev–Trinajstić information content (AvgIpc) is 2.28. The summed E-state index contributed by atoms with van der Waals surface area (Å²) >= 11 is 0. The number of aldehydes is 1. The van der Waals surface area contributed by atoms with Gasteiger partial charge in [0.25, 0.3) is 6.47 Å². The van der Waals surface area contributed by atoms with Crippen molar-refractivity contribution in [2.75, 3.05) is 7.11 Å². The molecule has 0 fully saturated rings. The van der Waals surface area contributed by atoms with Crippen LogP contribution in [-0.4, -0.2) is 19.9 Å². The third-order valence-electron chi connectivity index (χ3n) is 1.73.